The van der Waals surface area contributed by atoms with Crippen molar-refractivity contribution in [1.82, 2.24) is 25.3 Å². The monoisotopic (exact) mass is 231 g/mol. The van der Waals surface area contributed by atoms with E-state index in [1.54, 1.807) is 23.9 Å². The summed E-state index contributed by atoms with van der Waals surface area (Å²) in [6, 6.07) is 5.29. The van der Waals surface area contributed by atoms with E-state index in [-0.39, 0.29) is 11.6 Å². The molecule has 6 nitrogen and oxygen atoms in total. The van der Waals surface area contributed by atoms with Crippen molar-refractivity contribution in [2.75, 3.05) is 7.05 Å². The van der Waals surface area contributed by atoms with Gasteiger partial charge in [0.05, 0.1) is 5.69 Å². The minimum absolute atomic E-state index is 0.252. The molecule has 0 aromatic carbocycles. The summed E-state index contributed by atoms with van der Waals surface area (Å²) in [5.74, 6) is 0.348. The van der Waals surface area contributed by atoms with Crippen LogP contribution in [0.5, 0.6) is 0 Å². The summed E-state index contributed by atoms with van der Waals surface area (Å²) < 4.78 is 1.69. The summed E-state index contributed by atoms with van der Waals surface area (Å²) in [6.45, 7) is 3.85. The molecule has 0 spiro atoms. The summed E-state index contributed by atoms with van der Waals surface area (Å²) in [5.41, 5.74) is 2.18. The molecule has 88 valence electrons. The van der Waals surface area contributed by atoms with Crippen molar-refractivity contribution >= 4 is 5.91 Å². The van der Waals surface area contributed by atoms with E-state index < -0.39 is 0 Å². The molecule has 2 aromatic heterocycles. The summed E-state index contributed by atoms with van der Waals surface area (Å²) in [7, 11) is 1.55. The van der Waals surface area contributed by atoms with Gasteiger partial charge in [-0.05, 0) is 32.0 Å². The van der Waals surface area contributed by atoms with E-state index in [2.05, 4.69) is 20.6 Å². The number of nitrogens with one attached hydrogen (secondary N) is 1. The van der Waals surface area contributed by atoms with Gasteiger partial charge in [-0.1, -0.05) is 0 Å². The van der Waals surface area contributed by atoms with Gasteiger partial charge in [0.2, 0.25) is 0 Å². The molecule has 1 amide bonds. The van der Waals surface area contributed by atoms with Crippen molar-refractivity contribution in [2.24, 2.45) is 0 Å². The van der Waals surface area contributed by atoms with Crippen molar-refractivity contribution < 1.29 is 4.79 Å². The molecule has 2 aromatic rings. The van der Waals surface area contributed by atoms with Crippen molar-refractivity contribution in [3.8, 4) is 5.82 Å². The lowest BCUT2D eigenvalue weighted by Gasteiger charge is -2.03. The van der Waals surface area contributed by atoms with E-state index in [0.29, 0.717) is 5.82 Å². The van der Waals surface area contributed by atoms with Crippen LogP contribution in [-0.2, 0) is 0 Å². The predicted molar refractivity (Wildman–Crippen MR) is 62.0 cm³/mol. The zero-order chi connectivity index (χ0) is 12.4. The Morgan fingerprint density at radius 1 is 1.29 bits per heavy atom. The Bertz CT molecular complexity index is 543. The third-order valence-electron chi connectivity index (χ3n) is 2.34. The number of aryl methyl sites for hydroxylation is 2. The molecule has 0 aliphatic heterocycles. The fourth-order valence-corrected chi connectivity index (χ4v) is 1.55. The van der Waals surface area contributed by atoms with Gasteiger partial charge in [0.15, 0.2) is 11.5 Å². The molecule has 6 heteroatoms. The zero-order valence-corrected chi connectivity index (χ0v) is 9.93. The molecule has 2 heterocycles. The van der Waals surface area contributed by atoms with Crippen LogP contribution < -0.4 is 5.32 Å². The highest BCUT2D eigenvalue weighted by Crippen LogP contribution is 2.08. The molecule has 0 fully saturated rings. The van der Waals surface area contributed by atoms with Crippen LogP contribution in [0.25, 0.3) is 5.82 Å². The first-order chi connectivity index (χ1) is 8.11. The molecule has 0 atom stereocenters. The molecular weight excluding hydrogens is 218 g/mol. The molecule has 0 aliphatic carbocycles. The van der Waals surface area contributed by atoms with Crippen molar-refractivity contribution in [3.05, 3.63) is 35.3 Å². The van der Waals surface area contributed by atoms with Gasteiger partial charge in [-0.3, -0.25) is 4.79 Å². The largest absolute Gasteiger partial charge is 0.354 e. The Hall–Kier alpha value is -2.24. The van der Waals surface area contributed by atoms with Crippen LogP contribution in [0.15, 0.2) is 18.2 Å². The molecule has 0 unspecified atom stereocenters. The van der Waals surface area contributed by atoms with Gasteiger partial charge >= 0.3 is 0 Å². The van der Waals surface area contributed by atoms with E-state index in [1.807, 2.05) is 19.9 Å². The number of carbonyl (C=O) groups excluding carboxylic acids is 1. The molecule has 0 saturated carbocycles. The summed E-state index contributed by atoms with van der Waals surface area (Å²) in [5, 5.41) is 14.6. The summed E-state index contributed by atoms with van der Waals surface area (Å²) >= 11 is 0. The van der Waals surface area contributed by atoms with Crippen LogP contribution >= 0.6 is 0 Å². The Kier molecular flexibility index (Phi) is 2.86. The first-order valence-electron chi connectivity index (χ1n) is 5.21. The minimum atomic E-state index is -0.252. The first-order valence-corrected chi connectivity index (χ1v) is 5.21. The second kappa shape index (κ2) is 4.32. The molecular formula is C11H13N5O. The van der Waals surface area contributed by atoms with Crippen LogP contribution in [0.3, 0.4) is 0 Å². The van der Waals surface area contributed by atoms with Crippen LogP contribution in [0, 0.1) is 13.8 Å². The third kappa shape index (κ3) is 2.15. The van der Waals surface area contributed by atoms with Crippen molar-refractivity contribution in [1.29, 1.82) is 0 Å². The van der Waals surface area contributed by atoms with Gasteiger partial charge in [-0.15, -0.1) is 10.2 Å². The zero-order valence-electron chi connectivity index (χ0n) is 9.93. The van der Waals surface area contributed by atoms with E-state index in [1.165, 1.54) is 0 Å². The number of rotatable bonds is 2. The van der Waals surface area contributed by atoms with E-state index >= 15 is 0 Å². The second-order valence-corrected chi connectivity index (χ2v) is 3.69. The summed E-state index contributed by atoms with van der Waals surface area (Å²) in [6.07, 6.45) is 0. The SMILES string of the molecule is CNC(=O)c1ccc(-n2nc(C)cc2C)nn1. The quantitative estimate of drug-likeness (QED) is 0.823. The maximum atomic E-state index is 11.3. The van der Waals surface area contributed by atoms with Gasteiger partial charge in [-0.25, -0.2) is 4.68 Å². The second-order valence-electron chi connectivity index (χ2n) is 3.69. The maximum Gasteiger partial charge on any atom is 0.271 e. The number of hydrogen-bond donors (Lipinski definition) is 1. The molecule has 17 heavy (non-hydrogen) atoms. The molecule has 0 aliphatic rings. The van der Waals surface area contributed by atoms with Crippen LogP contribution in [0.1, 0.15) is 21.9 Å². The topological polar surface area (TPSA) is 72.7 Å². The Morgan fingerprint density at radius 3 is 2.53 bits per heavy atom. The molecule has 0 radical (unpaired) electrons. The lowest BCUT2D eigenvalue weighted by atomic mass is 10.3. The number of aromatic nitrogens is 4. The van der Waals surface area contributed by atoms with Gasteiger partial charge in [-0.2, -0.15) is 5.10 Å². The number of amides is 1. The number of hydrogen-bond acceptors (Lipinski definition) is 4. The van der Waals surface area contributed by atoms with Crippen LogP contribution in [0.2, 0.25) is 0 Å². The Morgan fingerprint density at radius 2 is 2.06 bits per heavy atom. The van der Waals surface area contributed by atoms with E-state index in [4.69, 9.17) is 0 Å². The average Bonchev–Trinajstić information content (AvgIpc) is 2.68. The predicted octanol–water partition coefficient (Wildman–Crippen LogP) is 0.639. The van der Waals surface area contributed by atoms with Crippen molar-refractivity contribution in [2.45, 2.75) is 13.8 Å². The smallest absolute Gasteiger partial charge is 0.271 e. The number of nitrogens with zero attached hydrogens (tertiary/aromatic N) is 4. The highest BCUT2D eigenvalue weighted by molar-refractivity contribution is 5.91. The average molecular weight is 231 g/mol. The highest BCUT2D eigenvalue weighted by Gasteiger charge is 2.08. The fraction of sp³-hybridized carbons (Fsp3) is 0.273. The molecule has 0 saturated heterocycles. The Balaban J connectivity index is 2.35. The Labute approximate surface area is 98.7 Å². The van der Waals surface area contributed by atoms with Gasteiger partial charge in [0, 0.05) is 12.7 Å². The fourth-order valence-electron chi connectivity index (χ4n) is 1.55. The van der Waals surface area contributed by atoms with Crippen molar-refractivity contribution in [3.63, 3.8) is 0 Å². The normalized spacial score (nSPS) is 10.3. The van der Waals surface area contributed by atoms with E-state index in [9.17, 15) is 4.79 Å². The highest BCUT2D eigenvalue weighted by atomic mass is 16.1. The lowest BCUT2D eigenvalue weighted by molar-refractivity contribution is 0.0957. The van der Waals surface area contributed by atoms with E-state index in [0.717, 1.165) is 11.4 Å². The van der Waals surface area contributed by atoms with Crippen LogP contribution in [-0.4, -0.2) is 32.9 Å². The lowest BCUT2D eigenvalue weighted by Crippen LogP contribution is -2.20. The first kappa shape index (κ1) is 11.3. The minimum Gasteiger partial charge on any atom is -0.354 e. The van der Waals surface area contributed by atoms with Crippen LogP contribution in [0.4, 0.5) is 0 Å². The molecule has 2 rings (SSSR count). The summed E-state index contributed by atoms with van der Waals surface area (Å²) in [4.78, 5) is 11.3. The molecule has 0 bridgehead atoms. The van der Waals surface area contributed by atoms with Gasteiger partial charge in [0.1, 0.15) is 0 Å². The number of carbonyl (C=O) groups is 1. The standard InChI is InChI=1S/C11H13N5O/c1-7-6-8(2)16(15-7)10-5-4-9(13-14-10)11(17)12-3/h4-6H,1-3H3,(H,12,17). The molecule has 1 N–H and O–H groups in total. The third-order valence-corrected chi connectivity index (χ3v) is 2.34. The maximum absolute atomic E-state index is 11.3. The van der Waals surface area contributed by atoms with Gasteiger partial charge in [0.25, 0.3) is 5.91 Å². The van der Waals surface area contributed by atoms with Gasteiger partial charge < -0.3 is 5.32 Å².